The molecule has 1 aliphatic heterocycles. The van der Waals surface area contributed by atoms with E-state index in [2.05, 4.69) is 0 Å². The van der Waals surface area contributed by atoms with Gasteiger partial charge in [0.1, 0.15) is 11.5 Å². The van der Waals surface area contributed by atoms with Crippen LogP contribution in [0.4, 0.5) is 0 Å². The Morgan fingerprint density at radius 1 is 1.17 bits per heavy atom. The number of phenols is 1. The van der Waals surface area contributed by atoms with Crippen LogP contribution in [0.2, 0.25) is 5.02 Å². The summed E-state index contributed by atoms with van der Waals surface area (Å²) in [4.78, 5) is 27.1. The highest BCUT2D eigenvalue weighted by atomic mass is 35.5. The van der Waals surface area contributed by atoms with Crippen molar-refractivity contribution in [2.24, 2.45) is 0 Å². The van der Waals surface area contributed by atoms with Crippen molar-refractivity contribution in [2.75, 3.05) is 13.2 Å². The molecule has 6 nitrogen and oxygen atoms in total. The highest BCUT2D eigenvalue weighted by Gasteiger charge is 2.45. The molecule has 1 unspecified atom stereocenters. The van der Waals surface area contributed by atoms with E-state index in [1.807, 2.05) is 13.8 Å². The minimum atomic E-state index is -0.774. The summed E-state index contributed by atoms with van der Waals surface area (Å²) in [7, 11) is 0. The summed E-state index contributed by atoms with van der Waals surface area (Å²) in [5, 5.41) is 21.0. The monoisotopic (exact) mass is 429 g/mol. The lowest BCUT2D eigenvalue weighted by Crippen LogP contribution is -2.31. The molecule has 1 aliphatic rings. The molecular weight excluding hydrogens is 406 g/mol. The predicted molar refractivity (Wildman–Crippen MR) is 114 cm³/mol. The van der Waals surface area contributed by atoms with E-state index in [4.69, 9.17) is 16.3 Å². The number of hydrogen-bond donors (Lipinski definition) is 2. The van der Waals surface area contributed by atoms with E-state index in [9.17, 15) is 19.8 Å². The van der Waals surface area contributed by atoms with E-state index in [0.29, 0.717) is 29.2 Å². The largest absolute Gasteiger partial charge is 0.508 e. The van der Waals surface area contributed by atoms with Gasteiger partial charge in [0.15, 0.2) is 0 Å². The number of hydrogen-bond acceptors (Lipinski definition) is 5. The number of ketones is 1. The molecule has 2 aromatic rings. The number of aliphatic hydroxyl groups is 1. The van der Waals surface area contributed by atoms with Gasteiger partial charge in [0, 0.05) is 23.7 Å². The molecule has 7 heteroatoms. The van der Waals surface area contributed by atoms with Crippen LogP contribution in [-0.2, 0) is 14.3 Å². The lowest BCUT2D eigenvalue weighted by atomic mass is 9.95. The van der Waals surface area contributed by atoms with Crippen LogP contribution in [0.1, 0.15) is 37.4 Å². The number of rotatable bonds is 7. The van der Waals surface area contributed by atoms with Crippen molar-refractivity contribution in [3.63, 3.8) is 0 Å². The fourth-order valence-electron chi connectivity index (χ4n) is 3.46. The number of nitrogens with zero attached hydrogens (tertiary/aromatic N) is 1. The average Bonchev–Trinajstić information content (AvgIpc) is 2.96. The van der Waals surface area contributed by atoms with Crippen molar-refractivity contribution in [1.29, 1.82) is 0 Å². The summed E-state index contributed by atoms with van der Waals surface area (Å²) in [6, 6.07) is 11.9. The third-order valence-corrected chi connectivity index (χ3v) is 5.08. The molecule has 158 valence electrons. The van der Waals surface area contributed by atoms with E-state index in [0.717, 1.165) is 0 Å². The highest BCUT2D eigenvalue weighted by Crippen LogP contribution is 2.40. The number of carbonyl (C=O) groups is 2. The molecular formula is C23H24ClNO5. The maximum atomic E-state index is 12.9. The lowest BCUT2D eigenvalue weighted by Gasteiger charge is -2.25. The standard InChI is InChI=1S/C23H24ClNO5/c1-14(2)30-12-4-11-25-20(15-7-9-18(26)10-8-15)19(22(28)23(25)29)21(27)16-5-3-6-17(24)13-16/h3,5-10,13-14,20,26-27H,4,11-12H2,1-2H3/b21-19-. The summed E-state index contributed by atoms with van der Waals surface area (Å²) in [6.07, 6.45) is 0.605. The Hall–Kier alpha value is -2.83. The Balaban J connectivity index is 2.03. The molecule has 0 aliphatic carbocycles. The van der Waals surface area contributed by atoms with Crippen molar-refractivity contribution in [1.82, 2.24) is 4.90 Å². The molecule has 1 heterocycles. The van der Waals surface area contributed by atoms with Gasteiger partial charge in [-0.25, -0.2) is 0 Å². The molecule has 0 aromatic heterocycles. The average molecular weight is 430 g/mol. The predicted octanol–water partition coefficient (Wildman–Crippen LogP) is 4.28. The maximum Gasteiger partial charge on any atom is 0.295 e. The minimum absolute atomic E-state index is 0.00210. The van der Waals surface area contributed by atoms with Gasteiger partial charge in [-0.15, -0.1) is 0 Å². The van der Waals surface area contributed by atoms with E-state index in [-0.39, 0.29) is 29.7 Å². The van der Waals surface area contributed by atoms with Crippen LogP contribution in [0.3, 0.4) is 0 Å². The van der Waals surface area contributed by atoms with Crippen LogP contribution in [0.5, 0.6) is 5.75 Å². The summed E-state index contributed by atoms with van der Waals surface area (Å²) in [6.45, 7) is 4.58. The molecule has 1 amide bonds. The first kappa shape index (κ1) is 21.9. The fraction of sp³-hybridized carbons (Fsp3) is 0.304. The third kappa shape index (κ3) is 4.66. The first-order chi connectivity index (χ1) is 14.3. The number of aromatic hydroxyl groups is 1. The molecule has 0 radical (unpaired) electrons. The quantitative estimate of drug-likeness (QED) is 0.297. The third-order valence-electron chi connectivity index (χ3n) is 4.84. The van der Waals surface area contributed by atoms with Crippen LogP contribution in [0.15, 0.2) is 54.1 Å². The molecule has 0 spiro atoms. The van der Waals surface area contributed by atoms with E-state index in [1.54, 1.807) is 30.3 Å². The topological polar surface area (TPSA) is 87.1 Å². The molecule has 0 saturated carbocycles. The number of likely N-dealkylation sites (tertiary alicyclic amines) is 1. The Morgan fingerprint density at radius 3 is 2.50 bits per heavy atom. The zero-order chi connectivity index (χ0) is 21.8. The molecule has 0 bridgehead atoms. The van der Waals surface area contributed by atoms with Gasteiger partial charge < -0.3 is 19.8 Å². The van der Waals surface area contributed by atoms with E-state index < -0.39 is 17.7 Å². The molecule has 3 rings (SSSR count). The number of aliphatic hydroxyl groups excluding tert-OH is 1. The van der Waals surface area contributed by atoms with Crippen LogP contribution in [0, 0.1) is 0 Å². The zero-order valence-electron chi connectivity index (χ0n) is 16.8. The second kappa shape index (κ2) is 9.32. The van der Waals surface area contributed by atoms with Gasteiger partial charge >= 0.3 is 0 Å². The second-order valence-corrected chi connectivity index (χ2v) is 7.80. The van der Waals surface area contributed by atoms with Gasteiger partial charge in [-0.1, -0.05) is 35.9 Å². The van der Waals surface area contributed by atoms with Gasteiger partial charge in [0.25, 0.3) is 11.7 Å². The second-order valence-electron chi connectivity index (χ2n) is 7.37. The molecule has 2 N–H and O–H groups in total. The normalized spacial score (nSPS) is 18.4. The van der Waals surface area contributed by atoms with Gasteiger partial charge in [-0.2, -0.15) is 0 Å². The van der Waals surface area contributed by atoms with E-state index >= 15 is 0 Å². The smallest absolute Gasteiger partial charge is 0.295 e. The Morgan fingerprint density at radius 2 is 1.87 bits per heavy atom. The van der Waals surface area contributed by atoms with Crippen LogP contribution in [0.25, 0.3) is 5.76 Å². The summed E-state index contributed by atoms with van der Waals surface area (Å²) in [5.41, 5.74) is 0.963. The molecule has 1 atom stereocenters. The summed E-state index contributed by atoms with van der Waals surface area (Å²) >= 11 is 6.03. The number of Topliss-reactive ketones (excluding diaryl/α,β-unsaturated/α-hetero) is 1. The van der Waals surface area contributed by atoms with Gasteiger partial charge in [0.2, 0.25) is 0 Å². The Labute approximate surface area is 180 Å². The van der Waals surface area contributed by atoms with Crippen molar-refractivity contribution >= 4 is 29.1 Å². The Kier molecular flexibility index (Phi) is 6.80. The number of halogens is 1. The van der Waals surface area contributed by atoms with Crippen molar-refractivity contribution in [2.45, 2.75) is 32.4 Å². The van der Waals surface area contributed by atoms with Gasteiger partial charge in [-0.05, 0) is 50.1 Å². The van der Waals surface area contributed by atoms with Crippen LogP contribution >= 0.6 is 11.6 Å². The van der Waals surface area contributed by atoms with Crippen molar-refractivity contribution in [3.8, 4) is 5.75 Å². The first-order valence-electron chi connectivity index (χ1n) is 9.74. The number of benzene rings is 2. The lowest BCUT2D eigenvalue weighted by molar-refractivity contribution is -0.140. The van der Waals surface area contributed by atoms with Gasteiger partial charge in [0.05, 0.1) is 17.7 Å². The highest BCUT2D eigenvalue weighted by molar-refractivity contribution is 6.46. The van der Waals surface area contributed by atoms with Crippen molar-refractivity contribution < 1.29 is 24.5 Å². The number of carbonyl (C=O) groups excluding carboxylic acids is 2. The SMILES string of the molecule is CC(C)OCCCN1C(=O)C(=O)/C(=C(\O)c2cccc(Cl)c2)C1c1ccc(O)cc1. The fourth-order valence-corrected chi connectivity index (χ4v) is 3.65. The zero-order valence-corrected chi connectivity index (χ0v) is 17.6. The summed E-state index contributed by atoms with van der Waals surface area (Å²) < 4.78 is 5.55. The summed E-state index contributed by atoms with van der Waals surface area (Å²) in [5.74, 6) is -1.65. The Bertz CT molecular complexity index is 968. The maximum absolute atomic E-state index is 12.9. The molecule has 1 saturated heterocycles. The minimum Gasteiger partial charge on any atom is -0.508 e. The molecule has 30 heavy (non-hydrogen) atoms. The first-order valence-corrected chi connectivity index (χ1v) is 10.1. The molecule has 2 aromatic carbocycles. The van der Waals surface area contributed by atoms with E-state index in [1.165, 1.54) is 23.1 Å². The molecule has 1 fully saturated rings. The van der Waals surface area contributed by atoms with Crippen LogP contribution < -0.4 is 0 Å². The number of ether oxygens (including phenoxy) is 1. The van der Waals surface area contributed by atoms with Crippen LogP contribution in [-0.4, -0.2) is 46.1 Å². The number of phenolic OH excluding ortho intramolecular Hbond substituents is 1. The van der Waals surface area contributed by atoms with Gasteiger partial charge in [-0.3, -0.25) is 9.59 Å². The van der Waals surface area contributed by atoms with Crippen molar-refractivity contribution in [3.05, 3.63) is 70.3 Å². The number of amides is 1.